The van der Waals surface area contributed by atoms with Crippen molar-refractivity contribution < 1.29 is 18.7 Å². The summed E-state index contributed by atoms with van der Waals surface area (Å²) in [4.78, 5) is 22.3. The summed E-state index contributed by atoms with van der Waals surface area (Å²) in [6, 6.07) is 9.44. The molecule has 3 aromatic heterocycles. The maximum atomic E-state index is 14.5. The van der Waals surface area contributed by atoms with Crippen molar-refractivity contribution in [3.05, 3.63) is 77.6 Å². The molecule has 5 rings (SSSR count). The highest BCUT2D eigenvalue weighted by Crippen LogP contribution is 2.27. The minimum atomic E-state index is -0.633. The number of hydrogen-bond acceptors (Lipinski definition) is 7. The number of rotatable bonds is 7. The van der Waals surface area contributed by atoms with Crippen LogP contribution in [0.3, 0.4) is 0 Å². The average Bonchev–Trinajstić information content (AvgIpc) is 3.53. The molecule has 1 amide bonds. The summed E-state index contributed by atoms with van der Waals surface area (Å²) < 4.78 is 26.5. The van der Waals surface area contributed by atoms with E-state index in [0.717, 1.165) is 18.4 Å². The molecule has 0 unspecified atom stereocenters. The summed E-state index contributed by atoms with van der Waals surface area (Å²) in [5.74, 6) is -0.104. The molecule has 35 heavy (non-hydrogen) atoms. The maximum absolute atomic E-state index is 14.5. The molecular formula is C25H25FN6O3. The Balaban J connectivity index is 1.42. The van der Waals surface area contributed by atoms with E-state index in [1.165, 1.54) is 19.2 Å². The predicted octanol–water partition coefficient (Wildman–Crippen LogP) is 3.23. The number of anilines is 1. The first-order valence-electron chi connectivity index (χ1n) is 11.2. The van der Waals surface area contributed by atoms with Crippen molar-refractivity contribution in [2.75, 3.05) is 25.6 Å². The molecule has 4 heterocycles. The van der Waals surface area contributed by atoms with Gasteiger partial charge in [0.2, 0.25) is 0 Å². The highest BCUT2D eigenvalue weighted by Gasteiger charge is 2.22. The molecule has 0 spiro atoms. The van der Waals surface area contributed by atoms with Crippen LogP contribution in [0.2, 0.25) is 0 Å². The van der Waals surface area contributed by atoms with Crippen molar-refractivity contribution in [1.82, 2.24) is 25.1 Å². The van der Waals surface area contributed by atoms with Gasteiger partial charge in [0.15, 0.2) is 11.6 Å². The van der Waals surface area contributed by atoms with Crippen molar-refractivity contribution in [1.29, 1.82) is 0 Å². The number of benzene rings is 1. The molecule has 1 aliphatic rings. The zero-order chi connectivity index (χ0) is 24.4. The van der Waals surface area contributed by atoms with Crippen LogP contribution in [0, 0.1) is 5.82 Å². The first kappa shape index (κ1) is 22.7. The van der Waals surface area contributed by atoms with Gasteiger partial charge in [0.1, 0.15) is 11.5 Å². The van der Waals surface area contributed by atoms with E-state index in [0.29, 0.717) is 29.1 Å². The second-order valence-corrected chi connectivity index (χ2v) is 8.41. The van der Waals surface area contributed by atoms with Gasteiger partial charge in [-0.1, -0.05) is 6.07 Å². The summed E-state index contributed by atoms with van der Waals surface area (Å²) in [5.41, 5.74) is 2.14. The van der Waals surface area contributed by atoms with E-state index in [1.54, 1.807) is 48.5 Å². The van der Waals surface area contributed by atoms with Crippen molar-refractivity contribution in [3.8, 4) is 5.75 Å². The van der Waals surface area contributed by atoms with Crippen LogP contribution in [0.4, 0.5) is 10.2 Å². The Morgan fingerprint density at radius 1 is 1.23 bits per heavy atom. The number of aryl methyl sites for hydroxylation is 1. The maximum Gasteiger partial charge on any atom is 0.270 e. The molecule has 4 aromatic rings. The number of fused-ring (bicyclic) bond motifs is 1. The Kier molecular flexibility index (Phi) is 6.28. The predicted molar refractivity (Wildman–Crippen MR) is 128 cm³/mol. The van der Waals surface area contributed by atoms with Gasteiger partial charge in [-0.2, -0.15) is 5.10 Å². The monoisotopic (exact) mass is 476 g/mol. The highest BCUT2D eigenvalue weighted by molar-refractivity contribution is 5.95. The second kappa shape index (κ2) is 9.67. The third-order valence-corrected chi connectivity index (χ3v) is 5.93. The Morgan fingerprint density at radius 2 is 2.11 bits per heavy atom. The molecule has 2 atom stereocenters. The largest absolute Gasteiger partial charge is 0.494 e. The van der Waals surface area contributed by atoms with Gasteiger partial charge in [-0.05, 0) is 36.2 Å². The normalized spacial score (nSPS) is 16.3. The van der Waals surface area contributed by atoms with Gasteiger partial charge in [0.25, 0.3) is 5.91 Å². The van der Waals surface area contributed by atoms with Gasteiger partial charge in [-0.25, -0.2) is 14.4 Å². The third-order valence-electron chi connectivity index (χ3n) is 5.93. The van der Waals surface area contributed by atoms with Crippen LogP contribution in [0.5, 0.6) is 5.75 Å². The zero-order valence-electron chi connectivity index (χ0n) is 19.4. The number of amides is 1. The first-order valence-corrected chi connectivity index (χ1v) is 11.2. The lowest BCUT2D eigenvalue weighted by Gasteiger charge is -2.19. The quantitative estimate of drug-likeness (QED) is 0.422. The number of aromatic nitrogens is 4. The lowest BCUT2D eigenvalue weighted by atomic mass is 10.0. The third kappa shape index (κ3) is 4.92. The molecule has 1 saturated heterocycles. The number of ether oxygens (including phenoxy) is 2. The van der Waals surface area contributed by atoms with Gasteiger partial charge < -0.3 is 20.1 Å². The molecule has 0 bridgehead atoms. The Hall–Kier alpha value is -4.05. The summed E-state index contributed by atoms with van der Waals surface area (Å²) in [7, 11) is 3.18. The van der Waals surface area contributed by atoms with E-state index in [9.17, 15) is 9.18 Å². The Labute approximate surface area is 201 Å². The van der Waals surface area contributed by atoms with E-state index >= 15 is 0 Å². The fraction of sp³-hybridized carbons (Fsp3) is 0.280. The zero-order valence-corrected chi connectivity index (χ0v) is 19.4. The number of hydrogen-bond donors (Lipinski definition) is 2. The fourth-order valence-electron chi connectivity index (χ4n) is 4.09. The summed E-state index contributed by atoms with van der Waals surface area (Å²) >= 11 is 0. The van der Waals surface area contributed by atoms with Gasteiger partial charge >= 0.3 is 0 Å². The van der Waals surface area contributed by atoms with Gasteiger partial charge in [-0.3, -0.25) is 9.48 Å². The Morgan fingerprint density at radius 3 is 2.83 bits per heavy atom. The standard InChI is InChI=1S/C25H25FN6O3/c1-32-13-17(12-28-32)24(15-4-6-22(34-2)19(26)9-15)31-25(33)20-5-3-16-11-27-23(10-21(16)30-20)29-18-7-8-35-14-18/h3-6,9-13,18,24H,7-8,14H2,1-2H3,(H,27,29)(H,31,33)/t18-,24-/m0/s1. The van der Waals surface area contributed by atoms with Crippen LogP contribution in [0.15, 0.2) is 55.0 Å². The van der Waals surface area contributed by atoms with Crippen molar-refractivity contribution in [2.45, 2.75) is 18.5 Å². The molecule has 1 aliphatic heterocycles. The van der Waals surface area contributed by atoms with E-state index in [4.69, 9.17) is 9.47 Å². The number of nitrogens with one attached hydrogen (secondary N) is 2. The SMILES string of the molecule is COc1ccc([C@H](NC(=O)c2ccc3cnc(N[C@H]4CCOC4)cc3n2)c2cnn(C)c2)cc1F. The van der Waals surface area contributed by atoms with Crippen molar-refractivity contribution in [2.24, 2.45) is 7.05 Å². The molecule has 2 N–H and O–H groups in total. The van der Waals surface area contributed by atoms with Crippen LogP contribution < -0.4 is 15.4 Å². The van der Waals surface area contributed by atoms with Crippen LogP contribution >= 0.6 is 0 Å². The molecule has 10 heteroatoms. The van der Waals surface area contributed by atoms with E-state index in [1.807, 2.05) is 6.07 Å². The van der Waals surface area contributed by atoms with Crippen LogP contribution in [0.25, 0.3) is 10.9 Å². The van der Waals surface area contributed by atoms with Crippen molar-refractivity contribution in [3.63, 3.8) is 0 Å². The highest BCUT2D eigenvalue weighted by atomic mass is 19.1. The first-order chi connectivity index (χ1) is 17.0. The molecular weight excluding hydrogens is 451 g/mol. The van der Waals surface area contributed by atoms with Gasteiger partial charge in [-0.15, -0.1) is 0 Å². The van der Waals surface area contributed by atoms with Gasteiger partial charge in [0.05, 0.1) is 37.5 Å². The molecule has 0 saturated carbocycles. The molecule has 0 aliphatic carbocycles. The van der Waals surface area contributed by atoms with Gasteiger partial charge in [0, 0.05) is 43.1 Å². The van der Waals surface area contributed by atoms with E-state index in [-0.39, 0.29) is 17.5 Å². The number of nitrogens with zero attached hydrogens (tertiary/aromatic N) is 4. The number of carbonyl (C=O) groups is 1. The number of pyridine rings is 2. The minimum absolute atomic E-state index is 0.128. The molecule has 180 valence electrons. The smallest absolute Gasteiger partial charge is 0.270 e. The van der Waals surface area contributed by atoms with E-state index < -0.39 is 17.8 Å². The average molecular weight is 477 g/mol. The molecule has 1 fully saturated rings. The van der Waals surface area contributed by atoms with Crippen LogP contribution in [0.1, 0.15) is 34.1 Å². The number of carbonyl (C=O) groups excluding carboxylic acids is 1. The lowest BCUT2D eigenvalue weighted by Crippen LogP contribution is -2.30. The Bertz CT molecular complexity index is 1370. The molecule has 9 nitrogen and oxygen atoms in total. The summed E-state index contributed by atoms with van der Waals surface area (Å²) in [6.45, 7) is 1.36. The summed E-state index contributed by atoms with van der Waals surface area (Å²) in [6.07, 6.45) is 6.05. The molecule has 1 aromatic carbocycles. The van der Waals surface area contributed by atoms with E-state index in [2.05, 4.69) is 25.7 Å². The molecule has 0 radical (unpaired) electrons. The topological polar surface area (TPSA) is 103 Å². The second-order valence-electron chi connectivity index (χ2n) is 8.41. The summed E-state index contributed by atoms with van der Waals surface area (Å²) in [5, 5.41) is 11.3. The lowest BCUT2D eigenvalue weighted by molar-refractivity contribution is 0.0938. The number of halogens is 1. The van der Waals surface area contributed by atoms with Crippen LogP contribution in [-0.2, 0) is 11.8 Å². The fourth-order valence-corrected chi connectivity index (χ4v) is 4.09. The number of methoxy groups -OCH3 is 1. The van der Waals surface area contributed by atoms with Crippen molar-refractivity contribution >= 4 is 22.6 Å². The van der Waals surface area contributed by atoms with Crippen LogP contribution in [-0.4, -0.2) is 52.0 Å². The minimum Gasteiger partial charge on any atom is -0.494 e.